The first-order chi connectivity index (χ1) is 8.49. The fraction of sp³-hybridized carbons (Fsp3) is 0.533. The predicted octanol–water partition coefficient (Wildman–Crippen LogP) is 3.39. The molecule has 1 fully saturated rings. The zero-order chi connectivity index (χ0) is 13.3. The predicted molar refractivity (Wildman–Crippen MR) is 75.2 cm³/mol. The Labute approximate surface area is 114 Å². The van der Waals surface area contributed by atoms with E-state index in [2.05, 4.69) is 13.8 Å². The highest BCUT2D eigenvalue weighted by Gasteiger charge is 2.27. The highest BCUT2D eigenvalue weighted by atomic mass is 35.5. The summed E-state index contributed by atoms with van der Waals surface area (Å²) in [7, 11) is 0. The lowest BCUT2D eigenvalue weighted by molar-refractivity contribution is 0.0701. The summed E-state index contributed by atoms with van der Waals surface area (Å²) in [5, 5.41) is 0.0780. The molecule has 18 heavy (non-hydrogen) atoms. The summed E-state index contributed by atoms with van der Waals surface area (Å²) in [6, 6.07) is 5.89. The molecule has 1 aromatic carbocycles. The van der Waals surface area contributed by atoms with E-state index in [0.29, 0.717) is 12.5 Å². The van der Waals surface area contributed by atoms with Gasteiger partial charge in [0.15, 0.2) is 0 Å². The van der Waals surface area contributed by atoms with Gasteiger partial charge >= 0.3 is 0 Å². The molecule has 98 valence electrons. The number of likely N-dealkylation sites (tertiary alicyclic amines) is 1. The van der Waals surface area contributed by atoms with Gasteiger partial charge in [0.1, 0.15) is 0 Å². The van der Waals surface area contributed by atoms with Crippen LogP contribution in [0.5, 0.6) is 0 Å². The van der Waals surface area contributed by atoms with E-state index in [1.165, 1.54) is 5.56 Å². The summed E-state index contributed by atoms with van der Waals surface area (Å²) in [4.78, 5) is 14.3. The molecule has 2 atom stereocenters. The Kier molecular flexibility index (Phi) is 3.96. The molecule has 0 radical (unpaired) electrons. The molecule has 3 heteroatoms. The number of piperidine rings is 1. The Morgan fingerprint density at radius 3 is 2.67 bits per heavy atom. The topological polar surface area (TPSA) is 20.3 Å². The van der Waals surface area contributed by atoms with Gasteiger partial charge in [-0.25, -0.2) is 0 Å². The van der Waals surface area contributed by atoms with Crippen molar-refractivity contribution in [3.63, 3.8) is 0 Å². The van der Waals surface area contributed by atoms with E-state index in [9.17, 15) is 4.79 Å². The molecular formula is C15H20ClNO. The second kappa shape index (κ2) is 5.31. The molecule has 0 bridgehead atoms. The van der Waals surface area contributed by atoms with E-state index >= 15 is 0 Å². The Balaban J connectivity index is 2.14. The lowest BCUT2D eigenvalue weighted by Crippen LogP contribution is -2.43. The number of rotatable bonds is 1. The van der Waals surface area contributed by atoms with E-state index in [-0.39, 0.29) is 11.3 Å². The number of amides is 1. The second-order valence-corrected chi connectivity index (χ2v) is 5.89. The standard InChI is InChI=1S/C15H20ClNO/c1-10-4-5-13(8-12(10)3)15(18)17-7-6-11(2)14(16)9-17/h4-5,8,11,14H,6-7,9H2,1-3H3. The average molecular weight is 266 g/mol. The van der Waals surface area contributed by atoms with Crippen molar-refractivity contribution in [2.75, 3.05) is 13.1 Å². The zero-order valence-corrected chi connectivity index (χ0v) is 12.0. The molecule has 0 aromatic heterocycles. The van der Waals surface area contributed by atoms with Crippen LogP contribution in [0.3, 0.4) is 0 Å². The molecular weight excluding hydrogens is 246 g/mol. The van der Waals surface area contributed by atoms with E-state index in [1.807, 2.05) is 30.0 Å². The minimum atomic E-state index is 0.0780. The third-order valence-electron chi connectivity index (χ3n) is 3.91. The molecule has 2 rings (SSSR count). The Morgan fingerprint density at radius 1 is 1.33 bits per heavy atom. The van der Waals surface area contributed by atoms with Gasteiger partial charge < -0.3 is 4.90 Å². The van der Waals surface area contributed by atoms with Gasteiger partial charge in [0.2, 0.25) is 0 Å². The molecule has 1 saturated heterocycles. The monoisotopic (exact) mass is 265 g/mol. The Morgan fingerprint density at radius 2 is 2.06 bits per heavy atom. The van der Waals surface area contributed by atoms with Crippen LogP contribution in [0.25, 0.3) is 0 Å². The van der Waals surface area contributed by atoms with Crippen LogP contribution in [0.15, 0.2) is 18.2 Å². The molecule has 2 nitrogen and oxygen atoms in total. The lowest BCUT2D eigenvalue weighted by Gasteiger charge is -2.34. The third kappa shape index (κ3) is 2.69. The summed E-state index contributed by atoms with van der Waals surface area (Å²) >= 11 is 6.26. The van der Waals surface area contributed by atoms with Crippen molar-refractivity contribution in [2.45, 2.75) is 32.6 Å². The first kappa shape index (κ1) is 13.4. The van der Waals surface area contributed by atoms with Gasteiger partial charge in [-0.3, -0.25) is 4.79 Å². The first-order valence-electron chi connectivity index (χ1n) is 6.49. The third-order valence-corrected chi connectivity index (χ3v) is 4.48. The largest absolute Gasteiger partial charge is 0.337 e. The zero-order valence-electron chi connectivity index (χ0n) is 11.2. The van der Waals surface area contributed by atoms with Crippen molar-refractivity contribution in [1.82, 2.24) is 4.90 Å². The number of carbonyl (C=O) groups is 1. The van der Waals surface area contributed by atoms with Crippen LogP contribution in [0.4, 0.5) is 0 Å². The smallest absolute Gasteiger partial charge is 0.253 e. The maximum Gasteiger partial charge on any atom is 0.253 e. The van der Waals surface area contributed by atoms with Crippen molar-refractivity contribution >= 4 is 17.5 Å². The molecule has 0 spiro atoms. The molecule has 1 aromatic rings. The van der Waals surface area contributed by atoms with Crippen LogP contribution in [0.1, 0.15) is 34.8 Å². The minimum Gasteiger partial charge on any atom is -0.337 e. The van der Waals surface area contributed by atoms with Crippen molar-refractivity contribution < 1.29 is 4.79 Å². The van der Waals surface area contributed by atoms with Crippen molar-refractivity contribution in [2.24, 2.45) is 5.92 Å². The molecule has 0 saturated carbocycles. The molecule has 0 aliphatic carbocycles. The van der Waals surface area contributed by atoms with Gasteiger partial charge in [-0.1, -0.05) is 13.0 Å². The van der Waals surface area contributed by atoms with Gasteiger partial charge in [0, 0.05) is 18.7 Å². The average Bonchev–Trinajstić information content (AvgIpc) is 2.35. The number of nitrogens with zero attached hydrogens (tertiary/aromatic N) is 1. The van der Waals surface area contributed by atoms with Crippen LogP contribution in [0.2, 0.25) is 0 Å². The number of halogens is 1. The van der Waals surface area contributed by atoms with E-state index in [1.54, 1.807) is 0 Å². The van der Waals surface area contributed by atoms with Gasteiger partial charge in [0.25, 0.3) is 5.91 Å². The van der Waals surface area contributed by atoms with Crippen LogP contribution in [0, 0.1) is 19.8 Å². The fourth-order valence-corrected chi connectivity index (χ4v) is 2.56. The minimum absolute atomic E-state index is 0.0780. The van der Waals surface area contributed by atoms with Gasteiger partial charge in [-0.05, 0) is 49.4 Å². The van der Waals surface area contributed by atoms with Crippen molar-refractivity contribution in [3.8, 4) is 0 Å². The number of hydrogen-bond acceptors (Lipinski definition) is 1. The van der Waals surface area contributed by atoms with Crippen molar-refractivity contribution in [3.05, 3.63) is 34.9 Å². The fourth-order valence-electron chi connectivity index (χ4n) is 2.26. The van der Waals surface area contributed by atoms with Crippen LogP contribution in [-0.2, 0) is 0 Å². The Bertz CT molecular complexity index is 458. The second-order valence-electron chi connectivity index (χ2n) is 5.33. The number of benzene rings is 1. The van der Waals surface area contributed by atoms with Crippen molar-refractivity contribution in [1.29, 1.82) is 0 Å². The summed E-state index contributed by atoms with van der Waals surface area (Å²) in [5.74, 6) is 0.603. The number of alkyl halides is 1. The SMILES string of the molecule is Cc1ccc(C(=O)N2CCC(C)C(Cl)C2)cc1C. The lowest BCUT2D eigenvalue weighted by atomic mass is 9.97. The quantitative estimate of drug-likeness (QED) is 0.713. The van der Waals surface area contributed by atoms with Gasteiger partial charge in [-0.2, -0.15) is 0 Å². The summed E-state index contributed by atoms with van der Waals surface area (Å²) in [6.07, 6.45) is 0.991. The van der Waals surface area contributed by atoms with Gasteiger partial charge in [-0.15, -0.1) is 11.6 Å². The maximum absolute atomic E-state index is 12.4. The maximum atomic E-state index is 12.4. The molecule has 1 aliphatic heterocycles. The molecule has 0 N–H and O–H groups in total. The normalized spacial score (nSPS) is 24.1. The van der Waals surface area contributed by atoms with Gasteiger partial charge in [0.05, 0.1) is 5.38 Å². The first-order valence-corrected chi connectivity index (χ1v) is 6.93. The number of aryl methyl sites for hydroxylation is 2. The molecule has 1 amide bonds. The number of carbonyl (C=O) groups excluding carboxylic acids is 1. The molecule has 1 aliphatic rings. The highest BCUT2D eigenvalue weighted by molar-refractivity contribution is 6.21. The number of hydrogen-bond donors (Lipinski definition) is 0. The van der Waals surface area contributed by atoms with Crippen LogP contribution >= 0.6 is 11.6 Å². The van der Waals surface area contributed by atoms with E-state index in [0.717, 1.165) is 24.1 Å². The van der Waals surface area contributed by atoms with Crippen LogP contribution < -0.4 is 0 Å². The molecule has 1 heterocycles. The summed E-state index contributed by atoms with van der Waals surface area (Å²) in [6.45, 7) is 7.72. The Hall–Kier alpha value is -1.02. The summed E-state index contributed by atoms with van der Waals surface area (Å²) in [5.41, 5.74) is 3.15. The van der Waals surface area contributed by atoms with E-state index < -0.39 is 0 Å². The highest BCUT2D eigenvalue weighted by Crippen LogP contribution is 2.23. The summed E-state index contributed by atoms with van der Waals surface area (Å²) < 4.78 is 0. The van der Waals surface area contributed by atoms with E-state index in [4.69, 9.17) is 11.6 Å². The van der Waals surface area contributed by atoms with Crippen LogP contribution in [-0.4, -0.2) is 29.3 Å². The molecule has 2 unspecified atom stereocenters.